The average molecular weight is 267 g/mol. The summed E-state index contributed by atoms with van der Waals surface area (Å²) in [7, 11) is 0. The second-order valence-electron chi connectivity index (χ2n) is 4.48. The van der Waals surface area contributed by atoms with Crippen molar-refractivity contribution < 1.29 is 0 Å². The van der Waals surface area contributed by atoms with Gasteiger partial charge in [-0.1, -0.05) is 25.2 Å². The van der Waals surface area contributed by atoms with Gasteiger partial charge < -0.3 is 5.32 Å². The standard InChI is InChI=1S/C12H17N3S2/c1-8(2)6-11-14-15-12(17-11)13-7-10-9(3)4-5-16-10/h4-5,8H,6-7H2,1-3H3,(H,13,15). The number of aryl methyl sites for hydroxylation is 1. The highest BCUT2D eigenvalue weighted by Gasteiger charge is 2.06. The summed E-state index contributed by atoms with van der Waals surface area (Å²) in [5.74, 6) is 0.635. The highest BCUT2D eigenvalue weighted by Crippen LogP contribution is 2.21. The molecule has 2 aromatic heterocycles. The smallest absolute Gasteiger partial charge is 0.205 e. The minimum atomic E-state index is 0.635. The first kappa shape index (κ1) is 12.5. The Balaban J connectivity index is 1.91. The fraction of sp³-hybridized carbons (Fsp3) is 0.500. The number of hydrogen-bond donors (Lipinski definition) is 1. The van der Waals surface area contributed by atoms with Crippen LogP contribution in [0.15, 0.2) is 11.4 Å². The van der Waals surface area contributed by atoms with Crippen LogP contribution in [-0.4, -0.2) is 10.2 Å². The van der Waals surface area contributed by atoms with Crippen LogP contribution in [0.5, 0.6) is 0 Å². The van der Waals surface area contributed by atoms with Crippen LogP contribution in [0.3, 0.4) is 0 Å². The molecule has 2 aromatic rings. The zero-order valence-corrected chi connectivity index (χ0v) is 12.0. The van der Waals surface area contributed by atoms with E-state index in [-0.39, 0.29) is 0 Å². The Morgan fingerprint density at radius 1 is 1.35 bits per heavy atom. The minimum Gasteiger partial charge on any atom is -0.355 e. The van der Waals surface area contributed by atoms with E-state index in [1.54, 1.807) is 22.7 Å². The fourth-order valence-corrected chi connectivity index (χ4v) is 3.29. The van der Waals surface area contributed by atoms with Crippen molar-refractivity contribution in [3.8, 4) is 0 Å². The van der Waals surface area contributed by atoms with E-state index in [0.717, 1.165) is 23.1 Å². The van der Waals surface area contributed by atoms with E-state index in [0.29, 0.717) is 5.92 Å². The summed E-state index contributed by atoms with van der Waals surface area (Å²) in [6, 6.07) is 2.14. The van der Waals surface area contributed by atoms with Crippen molar-refractivity contribution in [2.45, 2.75) is 33.7 Å². The number of hydrogen-bond acceptors (Lipinski definition) is 5. The molecule has 0 radical (unpaired) electrons. The van der Waals surface area contributed by atoms with Crippen LogP contribution in [0.4, 0.5) is 5.13 Å². The zero-order valence-electron chi connectivity index (χ0n) is 10.4. The van der Waals surface area contributed by atoms with Crippen molar-refractivity contribution in [3.05, 3.63) is 26.9 Å². The fourth-order valence-electron chi connectivity index (χ4n) is 1.50. The van der Waals surface area contributed by atoms with Crippen LogP contribution in [-0.2, 0) is 13.0 Å². The number of thiophene rings is 1. The molecule has 92 valence electrons. The predicted molar refractivity (Wildman–Crippen MR) is 74.8 cm³/mol. The Labute approximate surface area is 110 Å². The van der Waals surface area contributed by atoms with Gasteiger partial charge in [-0.15, -0.1) is 21.5 Å². The number of anilines is 1. The third-order valence-electron chi connectivity index (χ3n) is 2.42. The van der Waals surface area contributed by atoms with E-state index < -0.39 is 0 Å². The summed E-state index contributed by atoms with van der Waals surface area (Å²) in [6.45, 7) is 7.38. The summed E-state index contributed by atoms with van der Waals surface area (Å²) < 4.78 is 0. The molecule has 5 heteroatoms. The third-order valence-corrected chi connectivity index (χ3v) is 4.34. The first-order chi connectivity index (χ1) is 8.15. The lowest BCUT2D eigenvalue weighted by molar-refractivity contribution is 0.640. The van der Waals surface area contributed by atoms with Crippen molar-refractivity contribution in [2.75, 3.05) is 5.32 Å². The van der Waals surface area contributed by atoms with Gasteiger partial charge in [0.2, 0.25) is 5.13 Å². The van der Waals surface area contributed by atoms with Gasteiger partial charge in [0.15, 0.2) is 0 Å². The molecule has 0 saturated heterocycles. The molecular formula is C12H17N3S2. The molecule has 0 atom stereocenters. The minimum absolute atomic E-state index is 0.635. The van der Waals surface area contributed by atoms with Gasteiger partial charge in [-0.2, -0.15) is 0 Å². The maximum atomic E-state index is 4.19. The van der Waals surface area contributed by atoms with Gasteiger partial charge in [-0.3, -0.25) is 0 Å². The topological polar surface area (TPSA) is 37.8 Å². The Kier molecular flexibility index (Phi) is 4.12. The molecule has 2 rings (SSSR count). The molecule has 0 bridgehead atoms. The van der Waals surface area contributed by atoms with Gasteiger partial charge in [-0.25, -0.2) is 0 Å². The molecule has 0 aliphatic rings. The number of rotatable bonds is 5. The summed E-state index contributed by atoms with van der Waals surface area (Å²) in [4.78, 5) is 1.37. The highest BCUT2D eigenvalue weighted by molar-refractivity contribution is 7.15. The molecule has 0 spiro atoms. The lowest BCUT2D eigenvalue weighted by atomic mass is 10.1. The maximum Gasteiger partial charge on any atom is 0.205 e. The highest BCUT2D eigenvalue weighted by atomic mass is 32.1. The molecule has 0 unspecified atom stereocenters. The largest absolute Gasteiger partial charge is 0.355 e. The zero-order chi connectivity index (χ0) is 12.3. The molecule has 0 aliphatic heterocycles. The lowest BCUT2D eigenvalue weighted by Crippen LogP contribution is -1.97. The molecule has 2 heterocycles. The van der Waals surface area contributed by atoms with Gasteiger partial charge in [0.1, 0.15) is 5.01 Å². The van der Waals surface area contributed by atoms with Gasteiger partial charge in [0, 0.05) is 11.3 Å². The van der Waals surface area contributed by atoms with Crippen molar-refractivity contribution >= 4 is 27.8 Å². The van der Waals surface area contributed by atoms with Crippen LogP contribution >= 0.6 is 22.7 Å². The lowest BCUT2D eigenvalue weighted by Gasteiger charge is -2.00. The molecule has 0 aromatic carbocycles. The quantitative estimate of drug-likeness (QED) is 0.897. The molecule has 1 N–H and O–H groups in total. The van der Waals surface area contributed by atoms with E-state index in [4.69, 9.17) is 0 Å². The molecule has 0 saturated carbocycles. The summed E-state index contributed by atoms with van der Waals surface area (Å²) in [5, 5.41) is 15.8. The summed E-state index contributed by atoms with van der Waals surface area (Å²) in [6.07, 6.45) is 1.01. The Morgan fingerprint density at radius 2 is 2.18 bits per heavy atom. The van der Waals surface area contributed by atoms with E-state index in [1.165, 1.54) is 10.4 Å². The normalized spacial score (nSPS) is 11.1. The van der Waals surface area contributed by atoms with Crippen LogP contribution in [0.25, 0.3) is 0 Å². The molecule has 3 nitrogen and oxygen atoms in total. The van der Waals surface area contributed by atoms with Crippen molar-refractivity contribution in [1.29, 1.82) is 0 Å². The SMILES string of the molecule is Cc1ccsc1CNc1nnc(CC(C)C)s1. The van der Waals surface area contributed by atoms with Crippen molar-refractivity contribution in [2.24, 2.45) is 5.92 Å². The Morgan fingerprint density at radius 3 is 2.82 bits per heavy atom. The average Bonchev–Trinajstić information content (AvgIpc) is 2.84. The van der Waals surface area contributed by atoms with Gasteiger partial charge in [0.25, 0.3) is 0 Å². The van der Waals surface area contributed by atoms with Crippen molar-refractivity contribution in [1.82, 2.24) is 10.2 Å². The number of nitrogens with zero attached hydrogens (tertiary/aromatic N) is 2. The molecular weight excluding hydrogens is 250 g/mol. The van der Waals surface area contributed by atoms with E-state index in [2.05, 4.69) is 47.7 Å². The summed E-state index contributed by atoms with van der Waals surface area (Å²) >= 11 is 3.44. The monoisotopic (exact) mass is 267 g/mol. The number of aromatic nitrogens is 2. The molecule has 0 aliphatic carbocycles. The van der Waals surface area contributed by atoms with Crippen LogP contribution < -0.4 is 5.32 Å². The van der Waals surface area contributed by atoms with Crippen LogP contribution in [0.1, 0.15) is 29.3 Å². The van der Waals surface area contributed by atoms with E-state index in [1.807, 2.05) is 0 Å². The Hall–Kier alpha value is -0.940. The van der Waals surface area contributed by atoms with E-state index >= 15 is 0 Å². The second kappa shape index (κ2) is 5.60. The molecule has 0 fully saturated rings. The maximum absolute atomic E-state index is 4.19. The first-order valence-electron chi connectivity index (χ1n) is 5.74. The molecule has 0 amide bonds. The number of nitrogens with one attached hydrogen (secondary N) is 1. The van der Waals surface area contributed by atoms with Gasteiger partial charge >= 0.3 is 0 Å². The summed E-state index contributed by atoms with van der Waals surface area (Å²) in [5.41, 5.74) is 1.34. The van der Waals surface area contributed by atoms with Crippen LogP contribution in [0, 0.1) is 12.8 Å². The van der Waals surface area contributed by atoms with Gasteiger partial charge in [-0.05, 0) is 29.9 Å². The third kappa shape index (κ3) is 3.51. The van der Waals surface area contributed by atoms with Crippen LogP contribution in [0.2, 0.25) is 0 Å². The van der Waals surface area contributed by atoms with E-state index in [9.17, 15) is 0 Å². The van der Waals surface area contributed by atoms with Gasteiger partial charge in [0.05, 0.1) is 6.54 Å². The first-order valence-corrected chi connectivity index (χ1v) is 7.44. The predicted octanol–water partition coefficient (Wildman–Crippen LogP) is 3.72. The molecule has 17 heavy (non-hydrogen) atoms. The Bertz CT molecular complexity index is 474. The van der Waals surface area contributed by atoms with Crippen molar-refractivity contribution in [3.63, 3.8) is 0 Å². The second-order valence-corrected chi connectivity index (χ2v) is 6.54.